The van der Waals surface area contributed by atoms with Crippen molar-refractivity contribution in [2.24, 2.45) is 28.7 Å². The maximum absolute atomic E-state index is 7.26. The van der Waals surface area contributed by atoms with Crippen LogP contribution in [0.1, 0.15) is 142 Å². The summed E-state index contributed by atoms with van der Waals surface area (Å²) in [4.78, 5) is 0. The summed E-state index contributed by atoms with van der Waals surface area (Å²) in [5.41, 5.74) is 18.7. The minimum atomic E-state index is 0.0962. The van der Waals surface area contributed by atoms with Crippen molar-refractivity contribution in [1.82, 2.24) is 0 Å². The molecular weight excluding hydrogens is 388 g/mol. The van der Waals surface area contributed by atoms with Crippen LogP contribution in [0.5, 0.6) is 0 Å². The smallest absolute Gasteiger partial charge is 0.0493 e. The molecule has 3 aliphatic carbocycles. The first kappa shape index (κ1) is 25.9. The molecule has 4 N–H and O–H groups in total. The molecule has 0 amide bonds. The van der Waals surface area contributed by atoms with Crippen molar-refractivity contribution >= 4 is 0 Å². The molecule has 2 nitrogen and oxygen atoms in total. The largest absolute Gasteiger partial charge is 0.401 e. The van der Waals surface area contributed by atoms with Crippen molar-refractivity contribution in [3.05, 3.63) is 22.9 Å². The molecule has 2 saturated carbocycles. The highest BCUT2D eigenvalue weighted by molar-refractivity contribution is 5.43. The van der Waals surface area contributed by atoms with Gasteiger partial charge in [0.05, 0.1) is 0 Å². The summed E-state index contributed by atoms with van der Waals surface area (Å²) >= 11 is 0. The van der Waals surface area contributed by atoms with E-state index in [1.807, 2.05) is 0 Å². The Bertz CT molecular complexity index is 606. The maximum atomic E-state index is 7.26. The molecule has 32 heavy (non-hydrogen) atoms. The minimum Gasteiger partial charge on any atom is -0.401 e. The molecule has 2 fully saturated rings. The van der Waals surface area contributed by atoms with E-state index in [9.17, 15) is 0 Å². The van der Waals surface area contributed by atoms with Crippen LogP contribution in [0.15, 0.2) is 22.9 Å². The first-order valence-corrected chi connectivity index (χ1v) is 14.6. The molecule has 0 radical (unpaired) electrons. The highest BCUT2D eigenvalue weighted by Crippen LogP contribution is 2.54. The molecule has 0 aliphatic heterocycles. The van der Waals surface area contributed by atoms with Crippen LogP contribution in [-0.2, 0) is 0 Å². The Morgan fingerprint density at radius 3 is 1.97 bits per heavy atom. The normalized spacial score (nSPS) is 27.5. The molecule has 3 rings (SSSR count). The van der Waals surface area contributed by atoms with Gasteiger partial charge in [-0.1, -0.05) is 109 Å². The monoisotopic (exact) mass is 442 g/mol. The van der Waals surface area contributed by atoms with Gasteiger partial charge in [-0.25, -0.2) is 0 Å². The third-order valence-corrected chi connectivity index (χ3v) is 9.13. The number of nitrogens with two attached hydrogens (primary N) is 2. The molecule has 0 bridgehead atoms. The minimum absolute atomic E-state index is 0.0962. The molecule has 2 atom stereocenters. The van der Waals surface area contributed by atoms with Crippen molar-refractivity contribution in [3.63, 3.8) is 0 Å². The summed E-state index contributed by atoms with van der Waals surface area (Å²) in [6, 6.07) is 0.0962. The summed E-state index contributed by atoms with van der Waals surface area (Å²) in [7, 11) is 0. The molecule has 0 saturated heterocycles. The van der Waals surface area contributed by atoms with Crippen molar-refractivity contribution < 1.29 is 0 Å². The fourth-order valence-electron chi connectivity index (χ4n) is 7.22. The molecule has 0 heterocycles. The Hall–Kier alpha value is -0.760. The SMILES string of the molecule is CCCCCCCC1=CC(CCCCCCC)(C2CCCC2)C(N)=C(C2CCCC2)C1N. The molecule has 0 aromatic heterocycles. The molecule has 0 spiro atoms. The molecule has 0 aromatic carbocycles. The zero-order valence-electron chi connectivity index (χ0n) is 21.6. The molecule has 2 unspecified atom stereocenters. The Balaban J connectivity index is 1.86. The highest BCUT2D eigenvalue weighted by Gasteiger charge is 2.46. The van der Waals surface area contributed by atoms with E-state index in [1.54, 1.807) is 5.57 Å². The summed E-state index contributed by atoms with van der Waals surface area (Å²) in [5.74, 6) is 1.39. The van der Waals surface area contributed by atoms with Gasteiger partial charge in [0.2, 0.25) is 0 Å². The number of allylic oxidation sites excluding steroid dienone is 1. The average Bonchev–Trinajstić information content (AvgIpc) is 3.51. The number of hydrogen-bond acceptors (Lipinski definition) is 2. The van der Waals surface area contributed by atoms with E-state index < -0.39 is 0 Å². The highest BCUT2D eigenvalue weighted by atomic mass is 14.8. The Kier molecular flexibility index (Phi) is 10.7. The average molecular weight is 443 g/mol. The van der Waals surface area contributed by atoms with Gasteiger partial charge in [0.1, 0.15) is 0 Å². The van der Waals surface area contributed by atoms with Gasteiger partial charge >= 0.3 is 0 Å². The zero-order valence-corrected chi connectivity index (χ0v) is 21.6. The number of hydrogen-bond donors (Lipinski definition) is 2. The van der Waals surface area contributed by atoms with E-state index >= 15 is 0 Å². The van der Waals surface area contributed by atoms with Crippen LogP contribution < -0.4 is 11.5 Å². The molecule has 0 aromatic rings. The quantitative estimate of drug-likeness (QED) is 0.209. The van der Waals surface area contributed by atoms with E-state index in [-0.39, 0.29) is 11.5 Å². The van der Waals surface area contributed by atoms with Gasteiger partial charge in [-0.15, -0.1) is 0 Å². The van der Waals surface area contributed by atoms with E-state index in [1.165, 1.54) is 140 Å². The second-order valence-corrected chi connectivity index (χ2v) is 11.4. The van der Waals surface area contributed by atoms with E-state index in [2.05, 4.69) is 19.9 Å². The Labute approximate surface area is 200 Å². The first-order chi connectivity index (χ1) is 15.6. The van der Waals surface area contributed by atoms with Crippen LogP contribution in [0.4, 0.5) is 0 Å². The lowest BCUT2D eigenvalue weighted by molar-refractivity contribution is 0.238. The standard InChI is InChI=1S/C30H54N2/c1-3-5-7-9-11-19-25-23-30(26-20-14-15-21-26,22-16-10-8-6-4-2)29(32)27(28(25)31)24-17-12-13-18-24/h23-24,26,28H,3-22,31-32H2,1-2H3. The topological polar surface area (TPSA) is 52.0 Å². The molecule has 2 heteroatoms. The Morgan fingerprint density at radius 2 is 1.34 bits per heavy atom. The lowest BCUT2D eigenvalue weighted by atomic mass is 9.61. The lowest BCUT2D eigenvalue weighted by Gasteiger charge is -2.45. The van der Waals surface area contributed by atoms with Gasteiger partial charge < -0.3 is 11.5 Å². The van der Waals surface area contributed by atoms with Crippen LogP contribution in [-0.4, -0.2) is 6.04 Å². The summed E-state index contributed by atoms with van der Waals surface area (Å²) in [6.45, 7) is 4.62. The summed E-state index contributed by atoms with van der Waals surface area (Å²) < 4.78 is 0. The van der Waals surface area contributed by atoms with Gasteiger partial charge in [-0.2, -0.15) is 0 Å². The fourth-order valence-corrected chi connectivity index (χ4v) is 7.22. The Morgan fingerprint density at radius 1 is 0.781 bits per heavy atom. The van der Waals surface area contributed by atoms with Crippen LogP contribution in [0, 0.1) is 17.3 Å². The van der Waals surface area contributed by atoms with E-state index in [4.69, 9.17) is 11.5 Å². The van der Waals surface area contributed by atoms with Crippen molar-refractivity contribution in [2.45, 2.75) is 148 Å². The zero-order chi connectivity index (χ0) is 22.8. The van der Waals surface area contributed by atoms with Gasteiger partial charge in [0.15, 0.2) is 0 Å². The molecule has 3 aliphatic rings. The number of unbranched alkanes of at least 4 members (excludes halogenated alkanes) is 8. The van der Waals surface area contributed by atoms with Gasteiger partial charge in [0.25, 0.3) is 0 Å². The third kappa shape index (κ3) is 6.22. The summed E-state index contributed by atoms with van der Waals surface area (Å²) in [5, 5.41) is 0. The fraction of sp³-hybridized carbons (Fsp3) is 0.867. The second kappa shape index (κ2) is 13.2. The van der Waals surface area contributed by atoms with Crippen LogP contribution in [0.2, 0.25) is 0 Å². The van der Waals surface area contributed by atoms with Crippen molar-refractivity contribution in [2.75, 3.05) is 0 Å². The molecular formula is C30H54N2. The molecule has 184 valence electrons. The van der Waals surface area contributed by atoms with Gasteiger partial charge in [-0.05, 0) is 62.4 Å². The van der Waals surface area contributed by atoms with E-state index in [0.29, 0.717) is 5.92 Å². The van der Waals surface area contributed by atoms with Gasteiger partial charge in [-0.3, -0.25) is 0 Å². The second-order valence-electron chi connectivity index (χ2n) is 11.4. The van der Waals surface area contributed by atoms with Crippen LogP contribution >= 0.6 is 0 Å². The predicted molar refractivity (Wildman–Crippen MR) is 140 cm³/mol. The van der Waals surface area contributed by atoms with Crippen LogP contribution in [0.25, 0.3) is 0 Å². The van der Waals surface area contributed by atoms with E-state index in [0.717, 1.165) is 5.92 Å². The van der Waals surface area contributed by atoms with Gasteiger partial charge in [0, 0.05) is 17.2 Å². The maximum Gasteiger partial charge on any atom is 0.0493 e. The lowest BCUT2D eigenvalue weighted by Crippen LogP contribution is -2.44. The number of rotatable bonds is 14. The summed E-state index contributed by atoms with van der Waals surface area (Å²) in [6.07, 6.45) is 29.4. The van der Waals surface area contributed by atoms with Crippen molar-refractivity contribution in [3.8, 4) is 0 Å². The predicted octanol–water partition coefficient (Wildman–Crippen LogP) is 8.55. The first-order valence-electron chi connectivity index (χ1n) is 14.6. The van der Waals surface area contributed by atoms with Crippen LogP contribution in [0.3, 0.4) is 0 Å². The third-order valence-electron chi connectivity index (χ3n) is 9.13. The van der Waals surface area contributed by atoms with Crippen molar-refractivity contribution in [1.29, 1.82) is 0 Å².